The zero-order chi connectivity index (χ0) is 42.2. The van der Waals surface area contributed by atoms with E-state index in [1.165, 1.54) is 50.1 Å². The van der Waals surface area contributed by atoms with Gasteiger partial charge in [0, 0.05) is 44.1 Å². The van der Waals surface area contributed by atoms with Gasteiger partial charge in [0.2, 0.25) is 0 Å². The van der Waals surface area contributed by atoms with E-state index in [9.17, 15) is 0 Å². The van der Waals surface area contributed by atoms with E-state index >= 15 is 0 Å². The highest BCUT2D eigenvalue weighted by atomic mass is 15.2. The Balaban J connectivity index is 1.11. The van der Waals surface area contributed by atoms with Crippen molar-refractivity contribution in [2.75, 3.05) is 4.90 Å². The summed E-state index contributed by atoms with van der Waals surface area (Å²) < 4.78 is 0. The van der Waals surface area contributed by atoms with E-state index in [0.29, 0.717) is 5.82 Å². The van der Waals surface area contributed by atoms with Crippen LogP contribution in [-0.4, -0.2) is 15.0 Å². The Kier molecular flexibility index (Phi) is 8.09. The van der Waals surface area contributed by atoms with E-state index in [1.807, 2.05) is 24.3 Å². The standard InChI is InChI=1S/C60H38N4/c1-5-19-39(20-6-1)51-38-52(63-59(62-51)41-23-9-3-10-24-41)42-33-34-45-53(37-42)61-58(40-21-7-2-8-22-40)46-35-36-50-57(56(45)46)44-27-13-14-28-47(44)60(50)48-29-15-17-31-54(48)64(43-25-11-4-12-26-43)55-32-18-16-30-49(55)60/h1-38H. The molecule has 13 rings (SSSR count). The van der Waals surface area contributed by atoms with Crippen molar-refractivity contribution in [3.05, 3.63) is 253 Å². The molecule has 1 aliphatic carbocycles. The zero-order valence-corrected chi connectivity index (χ0v) is 34.7. The van der Waals surface area contributed by atoms with Gasteiger partial charge in [-0.1, -0.05) is 194 Å². The quantitative estimate of drug-likeness (QED) is 0.162. The topological polar surface area (TPSA) is 41.9 Å². The van der Waals surface area contributed by atoms with Crippen molar-refractivity contribution in [1.82, 2.24) is 15.0 Å². The highest BCUT2D eigenvalue weighted by Gasteiger charge is 2.52. The van der Waals surface area contributed by atoms with Gasteiger partial charge in [-0.2, -0.15) is 0 Å². The predicted molar refractivity (Wildman–Crippen MR) is 262 cm³/mol. The Bertz CT molecular complexity index is 3500. The fraction of sp³-hybridized carbons (Fsp3) is 0.0167. The summed E-state index contributed by atoms with van der Waals surface area (Å²) in [5.74, 6) is 0.687. The first kappa shape index (κ1) is 36.2. The second kappa shape index (κ2) is 14.3. The molecule has 0 saturated carbocycles. The van der Waals surface area contributed by atoms with Gasteiger partial charge in [-0.3, -0.25) is 0 Å². The minimum Gasteiger partial charge on any atom is -0.310 e. The van der Waals surface area contributed by atoms with E-state index in [0.717, 1.165) is 61.3 Å². The van der Waals surface area contributed by atoms with Gasteiger partial charge in [0.25, 0.3) is 0 Å². The molecule has 64 heavy (non-hydrogen) atoms. The molecule has 0 amide bonds. The Hall–Kier alpha value is -8.47. The van der Waals surface area contributed by atoms with Crippen LogP contribution in [0.25, 0.3) is 78.0 Å². The van der Waals surface area contributed by atoms with Crippen LogP contribution in [0.2, 0.25) is 0 Å². The summed E-state index contributed by atoms with van der Waals surface area (Å²) in [6.07, 6.45) is 0. The summed E-state index contributed by atoms with van der Waals surface area (Å²) in [4.78, 5) is 18.3. The summed E-state index contributed by atoms with van der Waals surface area (Å²) in [6, 6.07) is 82.7. The molecule has 1 spiro atoms. The van der Waals surface area contributed by atoms with Crippen molar-refractivity contribution in [3.8, 4) is 56.3 Å². The third-order valence-electron chi connectivity index (χ3n) is 13.2. The van der Waals surface area contributed by atoms with Crippen LogP contribution in [0.1, 0.15) is 22.3 Å². The maximum Gasteiger partial charge on any atom is 0.160 e. The molecule has 4 heteroatoms. The molecule has 0 N–H and O–H groups in total. The van der Waals surface area contributed by atoms with Crippen LogP contribution in [-0.2, 0) is 5.41 Å². The van der Waals surface area contributed by atoms with Crippen LogP contribution >= 0.6 is 0 Å². The van der Waals surface area contributed by atoms with Crippen molar-refractivity contribution in [2.45, 2.75) is 5.41 Å². The summed E-state index contributed by atoms with van der Waals surface area (Å²) in [6.45, 7) is 0. The van der Waals surface area contributed by atoms with E-state index in [-0.39, 0.29) is 0 Å². The van der Waals surface area contributed by atoms with Crippen LogP contribution < -0.4 is 4.90 Å². The van der Waals surface area contributed by atoms with Crippen LogP contribution in [0.5, 0.6) is 0 Å². The van der Waals surface area contributed by atoms with Gasteiger partial charge in [0.1, 0.15) is 0 Å². The molecular weight excluding hydrogens is 777 g/mol. The third-order valence-corrected chi connectivity index (χ3v) is 13.2. The molecular formula is C60H38N4. The number of rotatable bonds is 5. The van der Waals surface area contributed by atoms with Crippen molar-refractivity contribution in [1.29, 1.82) is 0 Å². The Morgan fingerprint density at radius 3 is 1.56 bits per heavy atom. The number of fused-ring (bicyclic) bond motifs is 13. The van der Waals surface area contributed by atoms with Gasteiger partial charge in [0.05, 0.1) is 39.4 Å². The van der Waals surface area contributed by atoms with Crippen LogP contribution in [0.15, 0.2) is 231 Å². The molecule has 0 atom stereocenters. The summed E-state index contributed by atoms with van der Waals surface area (Å²) in [5, 5.41) is 3.43. The molecule has 0 saturated heterocycles. The SMILES string of the molecule is c1ccc(-c2cc(-c3ccc4c(c3)nc(-c3ccccc3)c3ccc5c(c34)-c3ccccc3C53c4ccccc4N(c4ccccc4)c4ccccc43)nc(-c3ccccc3)n2)cc1. The smallest absolute Gasteiger partial charge is 0.160 e. The molecule has 2 aliphatic rings. The van der Waals surface area contributed by atoms with Crippen LogP contribution in [0, 0.1) is 0 Å². The number of anilines is 3. The number of para-hydroxylation sites is 3. The fourth-order valence-corrected chi connectivity index (χ4v) is 10.6. The lowest BCUT2D eigenvalue weighted by molar-refractivity contribution is 0.753. The largest absolute Gasteiger partial charge is 0.310 e. The molecule has 1 aliphatic heterocycles. The highest BCUT2D eigenvalue weighted by molar-refractivity contribution is 6.20. The summed E-state index contributed by atoms with van der Waals surface area (Å²) in [5.41, 5.74) is 18.2. The fourth-order valence-electron chi connectivity index (χ4n) is 10.6. The minimum absolute atomic E-state index is 0.580. The summed E-state index contributed by atoms with van der Waals surface area (Å²) >= 11 is 0. The lowest BCUT2D eigenvalue weighted by atomic mass is 9.64. The van der Waals surface area contributed by atoms with E-state index in [4.69, 9.17) is 15.0 Å². The number of pyridine rings is 1. The third kappa shape index (κ3) is 5.33. The van der Waals surface area contributed by atoms with Gasteiger partial charge in [-0.15, -0.1) is 0 Å². The molecule has 0 fully saturated rings. The van der Waals surface area contributed by atoms with E-state index in [2.05, 4.69) is 211 Å². The van der Waals surface area contributed by atoms with Crippen molar-refractivity contribution in [3.63, 3.8) is 0 Å². The van der Waals surface area contributed by atoms with Gasteiger partial charge in [-0.05, 0) is 69.8 Å². The normalized spacial score (nSPS) is 13.1. The average molecular weight is 815 g/mol. The Morgan fingerprint density at radius 2 is 0.891 bits per heavy atom. The molecule has 11 aromatic rings. The molecule has 0 unspecified atom stereocenters. The van der Waals surface area contributed by atoms with Crippen LogP contribution in [0.4, 0.5) is 17.1 Å². The zero-order valence-electron chi connectivity index (χ0n) is 34.7. The number of hydrogen-bond donors (Lipinski definition) is 0. The van der Waals surface area contributed by atoms with E-state index < -0.39 is 5.41 Å². The first-order chi connectivity index (χ1) is 31.8. The molecule has 3 heterocycles. The Labute approximate surface area is 371 Å². The van der Waals surface area contributed by atoms with Gasteiger partial charge in [0.15, 0.2) is 5.82 Å². The second-order valence-corrected chi connectivity index (χ2v) is 16.7. The maximum atomic E-state index is 5.57. The second-order valence-electron chi connectivity index (χ2n) is 16.7. The van der Waals surface area contributed by atoms with Gasteiger partial charge < -0.3 is 4.90 Å². The average Bonchev–Trinajstić information content (AvgIpc) is 3.67. The van der Waals surface area contributed by atoms with Gasteiger partial charge in [-0.25, -0.2) is 15.0 Å². The molecule has 9 aromatic carbocycles. The van der Waals surface area contributed by atoms with Gasteiger partial charge >= 0.3 is 0 Å². The number of hydrogen-bond acceptors (Lipinski definition) is 4. The van der Waals surface area contributed by atoms with Crippen molar-refractivity contribution >= 4 is 38.7 Å². The predicted octanol–water partition coefficient (Wildman–Crippen LogP) is 15.0. The van der Waals surface area contributed by atoms with E-state index in [1.54, 1.807) is 0 Å². The highest BCUT2D eigenvalue weighted by Crippen LogP contribution is 2.64. The molecule has 298 valence electrons. The molecule has 0 radical (unpaired) electrons. The first-order valence-corrected chi connectivity index (χ1v) is 21.9. The first-order valence-electron chi connectivity index (χ1n) is 21.9. The minimum atomic E-state index is -0.580. The maximum absolute atomic E-state index is 5.57. The number of benzene rings is 9. The Morgan fingerprint density at radius 1 is 0.359 bits per heavy atom. The molecule has 2 aromatic heterocycles. The lowest BCUT2D eigenvalue weighted by Gasteiger charge is -2.45. The van der Waals surface area contributed by atoms with Crippen molar-refractivity contribution in [2.24, 2.45) is 0 Å². The molecule has 0 bridgehead atoms. The molecule has 4 nitrogen and oxygen atoms in total. The lowest BCUT2D eigenvalue weighted by Crippen LogP contribution is -2.36. The monoisotopic (exact) mass is 814 g/mol. The number of aromatic nitrogens is 3. The number of nitrogens with zero attached hydrogens (tertiary/aromatic N) is 4. The van der Waals surface area contributed by atoms with Crippen molar-refractivity contribution < 1.29 is 0 Å². The van der Waals surface area contributed by atoms with Crippen LogP contribution in [0.3, 0.4) is 0 Å². The summed E-state index contributed by atoms with van der Waals surface area (Å²) in [7, 11) is 0.